The molecule has 4 heteroatoms. The number of benzene rings is 1. The number of rotatable bonds is 3. The molecule has 0 amide bonds. The summed E-state index contributed by atoms with van der Waals surface area (Å²) < 4.78 is 4.55. The van der Waals surface area contributed by atoms with E-state index in [1.807, 2.05) is 26.8 Å². The van der Waals surface area contributed by atoms with Crippen molar-refractivity contribution in [2.45, 2.75) is 38.7 Å². The molecule has 1 fully saturated rings. The first-order chi connectivity index (χ1) is 9.98. The minimum absolute atomic E-state index is 0.284. The molecule has 0 spiro atoms. The van der Waals surface area contributed by atoms with E-state index in [4.69, 9.17) is 0 Å². The van der Waals surface area contributed by atoms with Gasteiger partial charge in [0.2, 0.25) is 0 Å². The van der Waals surface area contributed by atoms with Crippen molar-refractivity contribution in [3.8, 4) is 0 Å². The van der Waals surface area contributed by atoms with E-state index in [0.717, 1.165) is 19.5 Å². The predicted octanol–water partition coefficient (Wildman–Crippen LogP) is 2.33. The summed E-state index contributed by atoms with van der Waals surface area (Å²) in [5.41, 5.74) is 1.05. The molecule has 0 aliphatic carbocycles. The molecule has 4 nitrogen and oxygen atoms in total. The molecule has 0 bridgehead atoms. The fourth-order valence-corrected chi connectivity index (χ4v) is 2.40. The van der Waals surface area contributed by atoms with Crippen molar-refractivity contribution in [3.63, 3.8) is 0 Å². The van der Waals surface area contributed by atoms with Crippen LogP contribution in [0.2, 0.25) is 0 Å². The van der Waals surface area contributed by atoms with E-state index in [-0.39, 0.29) is 12.2 Å². The van der Waals surface area contributed by atoms with Gasteiger partial charge in [0, 0.05) is 19.1 Å². The van der Waals surface area contributed by atoms with Crippen LogP contribution in [0.1, 0.15) is 38.7 Å². The number of nitrogens with one attached hydrogen (secondary N) is 1. The quantitative estimate of drug-likeness (QED) is 0.840. The van der Waals surface area contributed by atoms with E-state index >= 15 is 0 Å². The fraction of sp³-hybridized carbons (Fsp3) is 0.588. The van der Waals surface area contributed by atoms with Gasteiger partial charge in [0.1, 0.15) is 5.60 Å². The van der Waals surface area contributed by atoms with Crippen molar-refractivity contribution >= 4 is 6.47 Å². The van der Waals surface area contributed by atoms with Gasteiger partial charge < -0.3 is 15.2 Å². The Kier molecular flexibility index (Phi) is 7.40. The van der Waals surface area contributed by atoms with Gasteiger partial charge in [-0.25, -0.2) is 0 Å². The maximum Gasteiger partial charge on any atom is 0.293 e. The molecule has 118 valence electrons. The van der Waals surface area contributed by atoms with Crippen molar-refractivity contribution in [2.75, 3.05) is 19.7 Å². The number of hydrogen-bond donors (Lipinski definition) is 2. The molecule has 1 heterocycles. The summed E-state index contributed by atoms with van der Waals surface area (Å²) >= 11 is 0. The first-order valence-electron chi connectivity index (χ1n) is 7.46. The average molecular weight is 293 g/mol. The van der Waals surface area contributed by atoms with Crippen LogP contribution in [0.3, 0.4) is 0 Å². The highest BCUT2D eigenvalue weighted by Crippen LogP contribution is 2.29. The Bertz CT molecular complexity index is 400. The van der Waals surface area contributed by atoms with Crippen LogP contribution in [-0.4, -0.2) is 36.9 Å². The van der Waals surface area contributed by atoms with Crippen LogP contribution in [0.5, 0.6) is 0 Å². The Hall–Kier alpha value is -1.39. The Morgan fingerprint density at radius 3 is 2.48 bits per heavy atom. The summed E-state index contributed by atoms with van der Waals surface area (Å²) in [6.07, 6.45) is 1.13. The van der Waals surface area contributed by atoms with Crippen molar-refractivity contribution < 1.29 is 14.6 Å². The molecule has 1 aliphatic rings. The van der Waals surface area contributed by atoms with E-state index in [2.05, 4.69) is 34.3 Å². The highest BCUT2D eigenvalue weighted by molar-refractivity contribution is 5.37. The topological polar surface area (TPSA) is 58.6 Å². The van der Waals surface area contributed by atoms with Crippen LogP contribution >= 0.6 is 0 Å². The summed E-state index contributed by atoms with van der Waals surface area (Å²) in [6.45, 7) is 8.21. The standard InChI is InChI=1S/C12H17NO.C5H10O2/c14-9-11-8-13-7-6-12(11)10-4-2-1-3-5-10;1-5(2,3)7-4-6/h1-5,11-14H,6-9H2;4H,1-3H3/t11-,12-;/m0./s1. The molecule has 2 N–H and O–H groups in total. The predicted molar refractivity (Wildman–Crippen MR) is 84.1 cm³/mol. The third-order valence-corrected chi connectivity index (χ3v) is 3.47. The average Bonchev–Trinajstić information content (AvgIpc) is 2.47. The lowest BCUT2D eigenvalue weighted by atomic mass is 9.82. The van der Waals surface area contributed by atoms with Crippen LogP contribution in [-0.2, 0) is 9.53 Å². The Morgan fingerprint density at radius 1 is 1.33 bits per heavy atom. The molecule has 1 aliphatic heterocycles. The first kappa shape index (κ1) is 17.7. The van der Waals surface area contributed by atoms with E-state index in [1.54, 1.807) is 0 Å². The number of piperidine rings is 1. The lowest BCUT2D eigenvalue weighted by Crippen LogP contribution is -2.37. The van der Waals surface area contributed by atoms with E-state index < -0.39 is 0 Å². The van der Waals surface area contributed by atoms with Gasteiger partial charge in [-0.15, -0.1) is 0 Å². The van der Waals surface area contributed by atoms with Crippen molar-refractivity contribution in [2.24, 2.45) is 5.92 Å². The molecule has 0 saturated carbocycles. The number of ether oxygens (including phenoxy) is 1. The molecule has 0 aromatic heterocycles. The molecule has 21 heavy (non-hydrogen) atoms. The lowest BCUT2D eigenvalue weighted by molar-refractivity contribution is -0.138. The van der Waals surface area contributed by atoms with Gasteiger partial charge in [-0.05, 0) is 45.2 Å². The summed E-state index contributed by atoms with van der Waals surface area (Å²) in [5.74, 6) is 0.911. The lowest BCUT2D eigenvalue weighted by Gasteiger charge is -2.31. The van der Waals surface area contributed by atoms with Gasteiger partial charge in [0.05, 0.1) is 0 Å². The Morgan fingerprint density at radius 2 is 2.00 bits per heavy atom. The monoisotopic (exact) mass is 293 g/mol. The molecule has 2 rings (SSSR count). The summed E-state index contributed by atoms with van der Waals surface area (Å²) in [6, 6.07) is 10.5. The third kappa shape index (κ3) is 6.74. The van der Waals surface area contributed by atoms with Gasteiger partial charge in [0.25, 0.3) is 6.47 Å². The Labute approximate surface area is 127 Å². The molecular weight excluding hydrogens is 266 g/mol. The summed E-state index contributed by atoms with van der Waals surface area (Å²) in [4.78, 5) is 9.60. The maximum atomic E-state index is 9.60. The molecule has 2 atom stereocenters. The maximum absolute atomic E-state index is 9.60. The van der Waals surface area contributed by atoms with E-state index in [1.165, 1.54) is 5.56 Å². The van der Waals surface area contributed by atoms with Gasteiger partial charge in [-0.2, -0.15) is 0 Å². The zero-order chi connectivity index (χ0) is 15.7. The smallest absolute Gasteiger partial charge is 0.293 e. The van der Waals surface area contributed by atoms with Crippen molar-refractivity contribution in [3.05, 3.63) is 35.9 Å². The second kappa shape index (κ2) is 8.80. The number of aliphatic hydroxyl groups is 1. The molecule has 1 aromatic rings. The Balaban J connectivity index is 0.000000270. The number of carbonyl (C=O) groups is 1. The van der Waals surface area contributed by atoms with Crippen molar-refractivity contribution in [1.82, 2.24) is 5.32 Å². The van der Waals surface area contributed by atoms with E-state index in [0.29, 0.717) is 18.3 Å². The van der Waals surface area contributed by atoms with Gasteiger partial charge >= 0.3 is 0 Å². The highest BCUT2D eigenvalue weighted by atomic mass is 16.5. The molecule has 1 aromatic carbocycles. The zero-order valence-electron chi connectivity index (χ0n) is 13.2. The third-order valence-electron chi connectivity index (χ3n) is 3.47. The second-order valence-corrected chi connectivity index (χ2v) is 6.28. The SMILES string of the molecule is CC(C)(C)OC=O.OC[C@@H]1CNCC[C@H]1c1ccccc1. The van der Waals surface area contributed by atoms with E-state index in [9.17, 15) is 9.90 Å². The highest BCUT2D eigenvalue weighted by Gasteiger charge is 2.25. The van der Waals surface area contributed by atoms with Gasteiger partial charge in [-0.1, -0.05) is 30.3 Å². The molecule has 1 saturated heterocycles. The summed E-state index contributed by atoms with van der Waals surface area (Å²) in [7, 11) is 0. The van der Waals surface area contributed by atoms with Crippen LogP contribution in [0.25, 0.3) is 0 Å². The number of carbonyl (C=O) groups excluding carboxylic acids is 1. The van der Waals surface area contributed by atoms with Gasteiger partial charge in [-0.3, -0.25) is 4.79 Å². The largest absolute Gasteiger partial charge is 0.462 e. The molecular formula is C17H27NO3. The van der Waals surface area contributed by atoms with Crippen molar-refractivity contribution in [1.29, 1.82) is 0 Å². The zero-order valence-corrected chi connectivity index (χ0v) is 13.2. The second-order valence-electron chi connectivity index (χ2n) is 6.28. The summed E-state index contributed by atoms with van der Waals surface area (Å²) in [5, 5.41) is 12.6. The van der Waals surface area contributed by atoms with Crippen LogP contribution in [0.15, 0.2) is 30.3 Å². The molecule has 0 radical (unpaired) electrons. The van der Waals surface area contributed by atoms with Crippen LogP contribution in [0, 0.1) is 5.92 Å². The van der Waals surface area contributed by atoms with Crippen LogP contribution < -0.4 is 5.32 Å². The van der Waals surface area contributed by atoms with Crippen LogP contribution in [0.4, 0.5) is 0 Å². The first-order valence-corrected chi connectivity index (χ1v) is 7.46. The van der Waals surface area contributed by atoms with Gasteiger partial charge in [0.15, 0.2) is 0 Å². The minimum Gasteiger partial charge on any atom is -0.462 e. The normalized spacial score (nSPS) is 21.9. The number of hydrogen-bond acceptors (Lipinski definition) is 4. The minimum atomic E-state index is -0.318. The molecule has 0 unspecified atom stereocenters. The number of aliphatic hydroxyl groups excluding tert-OH is 1. The fourth-order valence-electron chi connectivity index (χ4n) is 2.40.